The summed E-state index contributed by atoms with van der Waals surface area (Å²) in [4.78, 5) is 10.9. The quantitative estimate of drug-likeness (QED) is 0.403. The number of esters is 1. The molecule has 0 amide bonds. The summed E-state index contributed by atoms with van der Waals surface area (Å²) in [6, 6.07) is 3.07. The van der Waals surface area contributed by atoms with Gasteiger partial charge in [-0.2, -0.15) is 10.5 Å². The van der Waals surface area contributed by atoms with Gasteiger partial charge >= 0.3 is 5.97 Å². The van der Waals surface area contributed by atoms with Crippen LogP contribution < -0.4 is 0 Å². The highest BCUT2D eigenvalue weighted by Crippen LogP contribution is 1.95. The molecular weight excluding hydrogens is 216 g/mol. The maximum atomic E-state index is 10.9. The van der Waals surface area contributed by atoms with Crippen LogP contribution >= 0.6 is 0 Å². The van der Waals surface area contributed by atoms with Gasteiger partial charge in [-0.3, -0.25) is 0 Å². The van der Waals surface area contributed by atoms with E-state index in [1.165, 1.54) is 12.1 Å². The van der Waals surface area contributed by atoms with Crippen molar-refractivity contribution < 1.29 is 13.6 Å². The fourth-order valence-electron chi connectivity index (χ4n) is 0.580. The monoisotopic (exact) mass is 226 g/mol. The number of hydrogen-bond donors (Lipinski definition) is 0. The van der Waals surface area contributed by atoms with Crippen molar-refractivity contribution in [3.63, 3.8) is 0 Å². The summed E-state index contributed by atoms with van der Waals surface area (Å²) in [6.07, 6.45) is 1.66. The Labute approximate surface area is 87.4 Å². The fraction of sp³-hybridized carbons (Fsp3) is 0.286. The second-order valence-corrected chi connectivity index (χ2v) is 5.36. The third kappa shape index (κ3) is 5.27. The van der Waals surface area contributed by atoms with E-state index < -0.39 is 21.7 Å². The average molecular weight is 226 g/mol. The summed E-state index contributed by atoms with van der Waals surface area (Å²) in [7, 11) is 0.125. The molecule has 0 aliphatic heterocycles. The lowest BCUT2D eigenvalue weighted by Crippen LogP contribution is -2.14. The summed E-state index contributed by atoms with van der Waals surface area (Å²) in [5.41, 5.74) is 1.84. The lowest BCUT2D eigenvalue weighted by atomic mass is 10.2. The van der Waals surface area contributed by atoms with Gasteiger partial charge in [-0.1, -0.05) is 11.8 Å². The Morgan fingerprint density at radius 1 is 1.57 bits per heavy atom. The van der Waals surface area contributed by atoms with E-state index in [0.29, 0.717) is 0 Å². The number of nitrogens with zero attached hydrogens (tertiary/aromatic N) is 2. The van der Waals surface area contributed by atoms with Crippen molar-refractivity contribution in [3.05, 3.63) is 11.8 Å². The van der Waals surface area contributed by atoms with Crippen LogP contribution in [0.4, 0.5) is 0 Å². The highest BCUT2D eigenvalue weighted by Gasteiger charge is 2.17. The minimum absolute atomic E-state index is 0.0939. The lowest BCUT2D eigenvalue weighted by molar-refractivity contribution is -0.143. The van der Waals surface area contributed by atoms with Gasteiger partial charge in [-0.15, -0.1) is 0 Å². The summed E-state index contributed by atoms with van der Waals surface area (Å²) >= 11 is 0. The maximum absolute atomic E-state index is 10.9. The van der Waals surface area contributed by atoms with Crippen LogP contribution in [-0.2, 0) is 13.6 Å². The number of carbonyl (C=O) groups is 1. The number of rotatable bonds is 5. The molecule has 14 heavy (non-hydrogen) atoms. The predicted molar refractivity (Wildman–Crippen MR) is 54.4 cm³/mol. The van der Waals surface area contributed by atoms with E-state index in [9.17, 15) is 4.79 Å². The lowest BCUT2D eigenvalue weighted by Gasteiger charge is -1.99. The molecule has 0 aromatic carbocycles. The van der Waals surface area contributed by atoms with E-state index in [1.54, 1.807) is 6.08 Å². The Balaban J connectivity index is 3.76. The van der Waals surface area contributed by atoms with Crippen molar-refractivity contribution in [2.75, 3.05) is 6.61 Å². The summed E-state index contributed by atoms with van der Waals surface area (Å²) in [6.45, 7) is 0.0939. The fourth-order valence-corrected chi connectivity index (χ4v) is 1.62. The van der Waals surface area contributed by atoms with Crippen LogP contribution in [0, 0.1) is 28.6 Å². The first-order valence-corrected chi connectivity index (χ1v) is 6.07. The van der Waals surface area contributed by atoms with Crippen molar-refractivity contribution in [2.24, 2.45) is 5.92 Å². The molecule has 74 valence electrons. The molecule has 7 heteroatoms. The molecule has 0 aromatic rings. The van der Waals surface area contributed by atoms with Crippen LogP contribution in [0.15, 0.2) is 11.8 Å². The van der Waals surface area contributed by atoms with Crippen LogP contribution in [0.5, 0.6) is 0 Å². The molecule has 0 aliphatic rings. The van der Waals surface area contributed by atoms with Gasteiger partial charge in [0, 0.05) is 0 Å². The Morgan fingerprint density at radius 2 is 2.21 bits per heavy atom. The minimum Gasteiger partial charge on any atom is -0.465 e. The molecule has 0 heterocycles. The largest absolute Gasteiger partial charge is 0.465 e. The van der Waals surface area contributed by atoms with Crippen LogP contribution in [0.3, 0.4) is 0 Å². The molecule has 0 saturated carbocycles. The summed E-state index contributed by atoms with van der Waals surface area (Å²) < 4.78 is 9.62. The summed E-state index contributed by atoms with van der Waals surface area (Å²) in [5, 5.41) is 16.7. The van der Waals surface area contributed by atoms with Gasteiger partial charge < -0.3 is 8.85 Å². The van der Waals surface area contributed by atoms with E-state index in [1.807, 2.05) is 5.70 Å². The van der Waals surface area contributed by atoms with Crippen LogP contribution in [0.25, 0.3) is 0 Å². The van der Waals surface area contributed by atoms with Gasteiger partial charge in [-0.05, 0) is 0 Å². The van der Waals surface area contributed by atoms with Crippen LogP contribution in [-0.4, -0.2) is 32.8 Å². The van der Waals surface area contributed by atoms with Gasteiger partial charge in [0.1, 0.15) is 17.1 Å². The molecule has 0 saturated heterocycles. The van der Waals surface area contributed by atoms with Crippen LogP contribution in [0.1, 0.15) is 0 Å². The molecule has 0 unspecified atom stereocenters. The van der Waals surface area contributed by atoms with Gasteiger partial charge in [0.05, 0.1) is 12.1 Å². The van der Waals surface area contributed by atoms with Gasteiger partial charge in [-0.25, -0.2) is 4.79 Å². The molecule has 0 spiro atoms. The SMILES string of the molecule is N#CC(C#N)C(=O)OCC=C[SiH2]O[SiH3]. The van der Waals surface area contributed by atoms with Crippen LogP contribution in [0.2, 0.25) is 0 Å². The maximum Gasteiger partial charge on any atom is 0.338 e. The summed E-state index contributed by atoms with van der Waals surface area (Å²) in [5.74, 6) is -2.12. The highest BCUT2D eigenvalue weighted by molar-refractivity contribution is 6.39. The van der Waals surface area contributed by atoms with E-state index in [2.05, 4.69) is 4.74 Å². The Kier molecular flexibility index (Phi) is 7.37. The van der Waals surface area contributed by atoms with E-state index in [4.69, 9.17) is 14.6 Å². The molecule has 0 aromatic heterocycles. The van der Waals surface area contributed by atoms with E-state index in [0.717, 1.165) is 10.5 Å². The van der Waals surface area contributed by atoms with E-state index >= 15 is 0 Å². The molecule has 0 aliphatic carbocycles. The first-order valence-electron chi connectivity index (χ1n) is 3.86. The van der Waals surface area contributed by atoms with Crippen molar-refractivity contribution in [1.29, 1.82) is 10.5 Å². The van der Waals surface area contributed by atoms with Gasteiger partial charge in [0.15, 0.2) is 9.76 Å². The van der Waals surface area contributed by atoms with Crippen molar-refractivity contribution in [2.45, 2.75) is 0 Å². The number of nitriles is 2. The second-order valence-electron chi connectivity index (χ2n) is 2.25. The van der Waals surface area contributed by atoms with Crippen molar-refractivity contribution >= 4 is 26.2 Å². The Morgan fingerprint density at radius 3 is 2.71 bits per heavy atom. The van der Waals surface area contributed by atoms with Gasteiger partial charge in [0.2, 0.25) is 5.92 Å². The zero-order chi connectivity index (χ0) is 10.8. The molecule has 0 atom stereocenters. The third-order valence-corrected chi connectivity index (χ3v) is 3.10. The standard InChI is InChI=1S/C7H10N2O3Si2/c8-4-6(5-9)7(10)11-2-1-3-14-12-13/h1,3,6H,2,14H2,13H3. The predicted octanol–water partition coefficient (Wildman–Crippen LogP) is -1.91. The molecule has 0 fully saturated rings. The first-order chi connectivity index (χ1) is 6.76. The molecular formula is C7H10N2O3Si2. The Hall–Kier alpha value is -1.42. The van der Waals surface area contributed by atoms with E-state index in [-0.39, 0.29) is 6.61 Å². The molecule has 5 nitrogen and oxygen atoms in total. The zero-order valence-electron chi connectivity index (χ0n) is 7.77. The first kappa shape index (κ1) is 12.6. The van der Waals surface area contributed by atoms with Crippen molar-refractivity contribution in [1.82, 2.24) is 0 Å². The average Bonchev–Trinajstić information content (AvgIpc) is 2.19. The normalized spacial score (nSPS) is 10.8. The topological polar surface area (TPSA) is 83.1 Å². The molecule has 0 radical (unpaired) electrons. The van der Waals surface area contributed by atoms with Crippen molar-refractivity contribution in [3.8, 4) is 12.1 Å². The minimum atomic E-state index is -1.32. The highest BCUT2D eigenvalue weighted by atomic mass is 28.3. The number of carbonyl (C=O) groups excluding carboxylic acids is 1. The molecule has 0 rings (SSSR count). The van der Waals surface area contributed by atoms with Gasteiger partial charge in [0.25, 0.3) is 0 Å². The molecule has 0 bridgehead atoms. The number of hydrogen-bond acceptors (Lipinski definition) is 5. The smallest absolute Gasteiger partial charge is 0.338 e. The number of ether oxygens (including phenoxy) is 1. The third-order valence-electron chi connectivity index (χ3n) is 1.25. The molecule has 0 N–H and O–H groups in total. The second kappa shape index (κ2) is 8.19. The Bertz CT molecular complexity index is 278. The zero-order valence-corrected chi connectivity index (χ0v) is 11.2.